The lowest BCUT2D eigenvalue weighted by Gasteiger charge is -2.21. The molecule has 2 N–H and O–H groups in total. The predicted molar refractivity (Wildman–Crippen MR) is 96.2 cm³/mol. The third kappa shape index (κ3) is 5.72. The highest BCUT2D eigenvalue weighted by Crippen LogP contribution is 2.19. The quantitative estimate of drug-likeness (QED) is 0.717. The molecule has 2 rings (SSSR count). The molecule has 2 aromatic rings. The summed E-state index contributed by atoms with van der Waals surface area (Å²) in [6, 6.07) is 15.5. The van der Waals surface area contributed by atoms with Gasteiger partial charge in [0.2, 0.25) is 0 Å². The van der Waals surface area contributed by atoms with Gasteiger partial charge in [0.1, 0.15) is 5.82 Å². The fourth-order valence-electron chi connectivity index (χ4n) is 2.70. The molecule has 0 radical (unpaired) electrons. The van der Waals surface area contributed by atoms with Gasteiger partial charge in [-0.15, -0.1) is 0 Å². The lowest BCUT2D eigenvalue weighted by molar-refractivity contribution is 0.272. The van der Waals surface area contributed by atoms with Crippen molar-refractivity contribution in [2.75, 3.05) is 13.2 Å². The van der Waals surface area contributed by atoms with Crippen molar-refractivity contribution in [3.05, 3.63) is 69.9 Å². The van der Waals surface area contributed by atoms with Crippen molar-refractivity contribution in [3.8, 4) is 0 Å². The van der Waals surface area contributed by atoms with Gasteiger partial charge in [-0.2, -0.15) is 0 Å². The van der Waals surface area contributed by atoms with Crippen LogP contribution in [0.3, 0.4) is 0 Å². The molecule has 0 aromatic heterocycles. The van der Waals surface area contributed by atoms with Gasteiger partial charge in [-0.1, -0.05) is 52.3 Å². The first-order chi connectivity index (χ1) is 11.1. The average molecular weight is 380 g/mol. The molecule has 0 amide bonds. The molecule has 4 heteroatoms. The SMILES string of the molecule is C[C@H](Cc1ccc(Br)cc1F)NC[C@H](CCO)c1ccccc1. The first-order valence-corrected chi connectivity index (χ1v) is 8.72. The number of halogens is 2. The summed E-state index contributed by atoms with van der Waals surface area (Å²) in [5.74, 6) is 0.0846. The molecule has 0 bridgehead atoms. The molecule has 0 aliphatic rings. The van der Waals surface area contributed by atoms with Gasteiger partial charge in [-0.25, -0.2) is 4.39 Å². The van der Waals surface area contributed by atoms with E-state index in [2.05, 4.69) is 40.3 Å². The van der Waals surface area contributed by atoms with E-state index >= 15 is 0 Å². The Morgan fingerprint density at radius 2 is 1.91 bits per heavy atom. The van der Waals surface area contributed by atoms with Crippen molar-refractivity contribution in [2.45, 2.75) is 31.7 Å². The van der Waals surface area contributed by atoms with E-state index in [4.69, 9.17) is 0 Å². The second-order valence-corrected chi connectivity index (χ2v) is 6.78. The van der Waals surface area contributed by atoms with E-state index in [0.717, 1.165) is 17.4 Å². The minimum absolute atomic E-state index is 0.163. The van der Waals surface area contributed by atoms with Crippen LogP contribution in [0.15, 0.2) is 53.0 Å². The Hall–Kier alpha value is -1.23. The molecule has 2 nitrogen and oxygen atoms in total. The van der Waals surface area contributed by atoms with Gasteiger partial charge >= 0.3 is 0 Å². The van der Waals surface area contributed by atoms with Crippen LogP contribution in [0, 0.1) is 5.82 Å². The third-order valence-corrected chi connectivity index (χ3v) is 4.50. The van der Waals surface area contributed by atoms with Crippen LogP contribution in [0.2, 0.25) is 0 Å². The van der Waals surface area contributed by atoms with Crippen molar-refractivity contribution < 1.29 is 9.50 Å². The molecule has 0 aliphatic carbocycles. The molecule has 0 unspecified atom stereocenters. The Kier molecular flexibility index (Phi) is 7.21. The Labute approximate surface area is 145 Å². The van der Waals surface area contributed by atoms with E-state index in [1.54, 1.807) is 0 Å². The van der Waals surface area contributed by atoms with Gasteiger partial charge in [-0.05, 0) is 48.9 Å². The maximum Gasteiger partial charge on any atom is 0.127 e. The number of hydrogen-bond acceptors (Lipinski definition) is 2. The summed E-state index contributed by atoms with van der Waals surface area (Å²) in [6.45, 7) is 2.99. The first kappa shape index (κ1) is 18.1. The normalized spacial score (nSPS) is 13.7. The zero-order valence-corrected chi connectivity index (χ0v) is 14.9. The lowest BCUT2D eigenvalue weighted by atomic mass is 9.95. The monoisotopic (exact) mass is 379 g/mol. The largest absolute Gasteiger partial charge is 0.396 e. The summed E-state index contributed by atoms with van der Waals surface area (Å²) in [4.78, 5) is 0. The summed E-state index contributed by atoms with van der Waals surface area (Å²) in [7, 11) is 0. The smallest absolute Gasteiger partial charge is 0.127 e. The molecule has 23 heavy (non-hydrogen) atoms. The number of benzene rings is 2. The number of aliphatic hydroxyl groups is 1. The fraction of sp³-hybridized carbons (Fsp3) is 0.368. The van der Waals surface area contributed by atoms with Gasteiger partial charge in [0.05, 0.1) is 0 Å². The Bertz CT molecular complexity index is 606. The van der Waals surface area contributed by atoms with Crippen LogP contribution in [-0.4, -0.2) is 24.3 Å². The highest BCUT2D eigenvalue weighted by Gasteiger charge is 2.13. The molecule has 0 saturated carbocycles. The molecular weight excluding hydrogens is 357 g/mol. The van der Waals surface area contributed by atoms with Gasteiger partial charge < -0.3 is 10.4 Å². The van der Waals surface area contributed by atoms with Crippen molar-refractivity contribution in [3.63, 3.8) is 0 Å². The Balaban J connectivity index is 1.92. The van der Waals surface area contributed by atoms with Crippen molar-refractivity contribution >= 4 is 15.9 Å². The molecular formula is C19H23BrFNO. The molecule has 2 atom stereocenters. The number of aliphatic hydroxyl groups excluding tert-OH is 1. The summed E-state index contributed by atoms with van der Waals surface area (Å²) < 4.78 is 14.7. The van der Waals surface area contributed by atoms with E-state index in [1.165, 1.54) is 11.6 Å². The van der Waals surface area contributed by atoms with Crippen LogP contribution in [0.4, 0.5) is 4.39 Å². The minimum Gasteiger partial charge on any atom is -0.396 e. The molecule has 0 heterocycles. The zero-order chi connectivity index (χ0) is 16.7. The first-order valence-electron chi connectivity index (χ1n) is 7.93. The van der Waals surface area contributed by atoms with Crippen LogP contribution < -0.4 is 5.32 Å². The third-order valence-electron chi connectivity index (χ3n) is 4.00. The van der Waals surface area contributed by atoms with Crippen LogP contribution >= 0.6 is 15.9 Å². The number of rotatable bonds is 8. The van der Waals surface area contributed by atoms with Crippen molar-refractivity contribution in [1.82, 2.24) is 5.32 Å². The standard InChI is InChI=1S/C19H23BrFNO/c1-14(11-16-7-8-18(20)12-19(16)21)22-13-17(9-10-23)15-5-3-2-4-6-15/h2-8,12,14,17,22-23H,9-11,13H2,1H3/t14-,17+/m1/s1. The van der Waals surface area contributed by atoms with E-state index < -0.39 is 0 Å². The maximum atomic E-state index is 13.9. The molecule has 2 aromatic carbocycles. The van der Waals surface area contributed by atoms with Crippen LogP contribution in [0.25, 0.3) is 0 Å². The van der Waals surface area contributed by atoms with Crippen LogP contribution in [-0.2, 0) is 6.42 Å². The second kappa shape index (κ2) is 9.16. The van der Waals surface area contributed by atoms with E-state index in [1.807, 2.05) is 30.3 Å². The Morgan fingerprint density at radius 3 is 2.57 bits per heavy atom. The highest BCUT2D eigenvalue weighted by atomic mass is 79.9. The van der Waals surface area contributed by atoms with Crippen molar-refractivity contribution in [1.29, 1.82) is 0 Å². The Morgan fingerprint density at radius 1 is 1.17 bits per heavy atom. The van der Waals surface area contributed by atoms with E-state index in [-0.39, 0.29) is 24.4 Å². The van der Waals surface area contributed by atoms with Gasteiger partial charge in [0.15, 0.2) is 0 Å². The van der Waals surface area contributed by atoms with Crippen molar-refractivity contribution in [2.24, 2.45) is 0 Å². The van der Waals surface area contributed by atoms with Gasteiger partial charge in [0, 0.05) is 23.7 Å². The summed E-state index contributed by atoms with van der Waals surface area (Å²) in [5.41, 5.74) is 1.93. The maximum absolute atomic E-state index is 13.9. The molecule has 0 fully saturated rings. The van der Waals surface area contributed by atoms with E-state index in [0.29, 0.717) is 12.0 Å². The summed E-state index contributed by atoms with van der Waals surface area (Å²) >= 11 is 3.28. The predicted octanol–water partition coefficient (Wildman–Crippen LogP) is 4.28. The number of hydrogen-bond donors (Lipinski definition) is 2. The topological polar surface area (TPSA) is 32.3 Å². The summed E-state index contributed by atoms with van der Waals surface area (Å²) in [5, 5.41) is 12.7. The second-order valence-electron chi connectivity index (χ2n) is 5.87. The van der Waals surface area contributed by atoms with Gasteiger partial charge in [-0.3, -0.25) is 0 Å². The highest BCUT2D eigenvalue weighted by molar-refractivity contribution is 9.10. The molecule has 0 spiro atoms. The van der Waals surface area contributed by atoms with Crippen LogP contribution in [0.1, 0.15) is 30.4 Å². The van der Waals surface area contributed by atoms with E-state index in [9.17, 15) is 9.50 Å². The average Bonchev–Trinajstić information content (AvgIpc) is 2.55. The molecule has 124 valence electrons. The fourth-order valence-corrected chi connectivity index (χ4v) is 3.03. The van der Waals surface area contributed by atoms with Crippen LogP contribution in [0.5, 0.6) is 0 Å². The lowest BCUT2D eigenvalue weighted by Crippen LogP contribution is -2.32. The summed E-state index contributed by atoms with van der Waals surface area (Å²) in [6.07, 6.45) is 1.36. The molecule has 0 saturated heterocycles. The van der Waals surface area contributed by atoms with Gasteiger partial charge in [0.25, 0.3) is 0 Å². The number of nitrogens with one attached hydrogen (secondary N) is 1. The minimum atomic E-state index is -0.178. The zero-order valence-electron chi connectivity index (χ0n) is 13.3. The molecule has 0 aliphatic heterocycles.